The molecule has 0 spiro atoms. The van der Waals surface area contributed by atoms with Crippen molar-refractivity contribution in [3.8, 4) is 0 Å². The minimum atomic E-state index is -0.295. The molecule has 0 saturated heterocycles. The zero-order valence-corrected chi connectivity index (χ0v) is 7.93. The van der Waals surface area contributed by atoms with E-state index in [1.54, 1.807) is 0 Å². The standard InChI is InChI=1S/C10H11FN2/c1-6-10(2,3)8-4-7(11)5-12-9(8)13-6/h4-5H,1-3H3. The smallest absolute Gasteiger partial charge is 0.156 e. The Balaban J connectivity index is 2.65. The fourth-order valence-corrected chi connectivity index (χ4v) is 1.47. The molecule has 13 heavy (non-hydrogen) atoms. The van der Waals surface area contributed by atoms with Gasteiger partial charge in [0.15, 0.2) is 5.82 Å². The molecule has 0 N–H and O–H groups in total. The molecule has 0 radical (unpaired) electrons. The molecule has 0 bridgehead atoms. The molecule has 1 aromatic rings. The number of aromatic nitrogens is 1. The summed E-state index contributed by atoms with van der Waals surface area (Å²) in [7, 11) is 0. The zero-order valence-electron chi connectivity index (χ0n) is 7.93. The van der Waals surface area contributed by atoms with Crippen LogP contribution < -0.4 is 0 Å². The van der Waals surface area contributed by atoms with E-state index in [4.69, 9.17) is 0 Å². The van der Waals surface area contributed by atoms with Gasteiger partial charge in [0, 0.05) is 16.7 Å². The number of hydrogen-bond donors (Lipinski definition) is 0. The number of rotatable bonds is 0. The van der Waals surface area contributed by atoms with Crippen molar-refractivity contribution in [2.45, 2.75) is 26.2 Å². The molecule has 0 amide bonds. The Morgan fingerprint density at radius 1 is 1.38 bits per heavy atom. The Labute approximate surface area is 76.5 Å². The van der Waals surface area contributed by atoms with E-state index in [9.17, 15) is 4.39 Å². The van der Waals surface area contributed by atoms with E-state index in [0.717, 1.165) is 11.3 Å². The molecule has 3 heteroatoms. The van der Waals surface area contributed by atoms with Gasteiger partial charge in [-0.3, -0.25) is 0 Å². The fourth-order valence-electron chi connectivity index (χ4n) is 1.47. The van der Waals surface area contributed by atoms with Crippen LogP contribution in [0.25, 0.3) is 0 Å². The van der Waals surface area contributed by atoms with Crippen molar-refractivity contribution in [1.29, 1.82) is 0 Å². The summed E-state index contributed by atoms with van der Waals surface area (Å²) in [6.07, 6.45) is 1.21. The molecule has 2 heterocycles. The first kappa shape index (κ1) is 8.35. The van der Waals surface area contributed by atoms with Crippen molar-refractivity contribution < 1.29 is 4.39 Å². The zero-order chi connectivity index (χ0) is 9.64. The molecule has 1 aromatic heterocycles. The Morgan fingerprint density at radius 2 is 2.08 bits per heavy atom. The van der Waals surface area contributed by atoms with E-state index < -0.39 is 0 Å². The molecule has 1 aliphatic heterocycles. The number of hydrogen-bond acceptors (Lipinski definition) is 2. The Kier molecular flexibility index (Phi) is 1.53. The minimum Gasteiger partial charge on any atom is -0.237 e. The molecule has 68 valence electrons. The van der Waals surface area contributed by atoms with Crippen LogP contribution in [0.2, 0.25) is 0 Å². The minimum absolute atomic E-state index is 0.176. The Hall–Kier alpha value is -1.25. The van der Waals surface area contributed by atoms with Crippen molar-refractivity contribution in [2.24, 2.45) is 4.99 Å². The maximum Gasteiger partial charge on any atom is 0.156 e. The van der Waals surface area contributed by atoms with Crippen molar-refractivity contribution in [3.05, 3.63) is 23.6 Å². The molecule has 0 fully saturated rings. The maximum atomic E-state index is 12.9. The molecular formula is C10H11FN2. The van der Waals surface area contributed by atoms with Crippen molar-refractivity contribution >= 4 is 11.5 Å². The van der Waals surface area contributed by atoms with Crippen LogP contribution in [0.3, 0.4) is 0 Å². The number of fused-ring (bicyclic) bond motifs is 1. The quantitative estimate of drug-likeness (QED) is 0.599. The first-order valence-corrected chi connectivity index (χ1v) is 4.23. The van der Waals surface area contributed by atoms with Gasteiger partial charge in [-0.25, -0.2) is 14.4 Å². The van der Waals surface area contributed by atoms with E-state index in [0.29, 0.717) is 5.82 Å². The normalized spacial score (nSPS) is 18.3. The molecule has 2 rings (SSSR count). The largest absolute Gasteiger partial charge is 0.237 e. The van der Waals surface area contributed by atoms with E-state index >= 15 is 0 Å². The lowest BCUT2D eigenvalue weighted by molar-refractivity contribution is 0.612. The van der Waals surface area contributed by atoms with E-state index in [2.05, 4.69) is 9.98 Å². The van der Waals surface area contributed by atoms with Crippen molar-refractivity contribution in [1.82, 2.24) is 4.98 Å². The highest BCUT2D eigenvalue weighted by Crippen LogP contribution is 2.38. The summed E-state index contributed by atoms with van der Waals surface area (Å²) in [5.74, 6) is 0.362. The van der Waals surface area contributed by atoms with Gasteiger partial charge in [-0.1, -0.05) is 13.8 Å². The van der Waals surface area contributed by atoms with Crippen LogP contribution in [-0.2, 0) is 5.41 Å². The number of pyridine rings is 1. The highest BCUT2D eigenvalue weighted by Gasteiger charge is 2.33. The van der Waals surface area contributed by atoms with Gasteiger partial charge in [-0.05, 0) is 13.0 Å². The molecule has 0 aromatic carbocycles. The molecule has 0 unspecified atom stereocenters. The molecule has 0 atom stereocenters. The van der Waals surface area contributed by atoms with Crippen molar-refractivity contribution in [2.75, 3.05) is 0 Å². The highest BCUT2D eigenvalue weighted by atomic mass is 19.1. The van der Waals surface area contributed by atoms with Gasteiger partial charge in [0.25, 0.3) is 0 Å². The second-order valence-corrected chi connectivity index (χ2v) is 3.85. The lowest BCUT2D eigenvalue weighted by Gasteiger charge is -2.18. The van der Waals surface area contributed by atoms with Gasteiger partial charge in [-0.15, -0.1) is 0 Å². The van der Waals surface area contributed by atoms with E-state index in [-0.39, 0.29) is 11.2 Å². The lowest BCUT2D eigenvalue weighted by Crippen LogP contribution is -2.22. The van der Waals surface area contributed by atoms with Crippen LogP contribution in [0.5, 0.6) is 0 Å². The van der Waals surface area contributed by atoms with Gasteiger partial charge in [-0.2, -0.15) is 0 Å². The average Bonchev–Trinajstić information content (AvgIpc) is 2.27. The Morgan fingerprint density at radius 3 is 2.77 bits per heavy atom. The van der Waals surface area contributed by atoms with Gasteiger partial charge in [0.1, 0.15) is 5.82 Å². The van der Waals surface area contributed by atoms with Crippen LogP contribution in [0.4, 0.5) is 10.2 Å². The number of nitrogens with zero attached hydrogens (tertiary/aromatic N) is 2. The van der Waals surface area contributed by atoms with Gasteiger partial charge in [0.2, 0.25) is 0 Å². The third-order valence-electron chi connectivity index (χ3n) is 2.68. The highest BCUT2D eigenvalue weighted by molar-refractivity contribution is 5.98. The average molecular weight is 178 g/mol. The summed E-state index contributed by atoms with van der Waals surface area (Å²) in [6.45, 7) is 6.00. The van der Waals surface area contributed by atoms with Crippen LogP contribution in [0.15, 0.2) is 17.3 Å². The number of aliphatic imine (C=N–C) groups is 1. The predicted molar refractivity (Wildman–Crippen MR) is 50.0 cm³/mol. The molecule has 2 nitrogen and oxygen atoms in total. The van der Waals surface area contributed by atoms with Crippen LogP contribution >= 0.6 is 0 Å². The van der Waals surface area contributed by atoms with Crippen LogP contribution in [0, 0.1) is 5.82 Å². The summed E-state index contributed by atoms with van der Waals surface area (Å²) in [5, 5.41) is 0. The number of halogens is 1. The summed E-state index contributed by atoms with van der Waals surface area (Å²) in [5.41, 5.74) is 1.69. The Bertz CT molecular complexity index is 394. The van der Waals surface area contributed by atoms with Crippen molar-refractivity contribution in [3.63, 3.8) is 0 Å². The topological polar surface area (TPSA) is 25.2 Å². The third kappa shape index (κ3) is 1.07. The van der Waals surface area contributed by atoms with Crippen LogP contribution in [0.1, 0.15) is 26.3 Å². The van der Waals surface area contributed by atoms with Gasteiger partial charge in [0.05, 0.1) is 6.20 Å². The van der Waals surface area contributed by atoms with Crippen LogP contribution in [-0.4, -0.2) is 10.7 Å². The van der Waals surface area contributed by atoms with E-state index in [1.807, 2.05) is 20.8 Å². The molecule has 0 saturated carbocycles. The van der Waals surface area contributed by atoms with Gasteiger partial charge < -0.3 is 0 Å². The second kappa shape index (κ2) is 2.37. The monoisotopic (exact) mass is 178 g/mol. The SMILES string of the molecule is CC1=Nc2ncc(F)cc2C1(C)C. The summed E-state index contributed by atoms with van der Waals surface area (Å²) in [6, 6.07) is 1.52. The predicted octanol–water partition coefficient (Wildman–Crippen LogP) is 2.60. The first-order chi connectivity index (χ1) is 6.01. The lowest BCUT2D eigenvalue weighted by atomic mass is 9.83. The summed E-state index contributed by atoms with van der Waals surface area (Å²) in [4.78, 5) is 8.23. The van der Waals surface area contributed by atoms with Gasteiger partial charge >= 0.3 is 0 Å². The molecule has 0 aliphatic carbocycles. The first-order valence-electron chi connectivity index (χ1n) is 4.23. The third-order valence-corrected chi connectivity index (χ3v) is 2.68. The summed E-state index contributed by atoms with van der Waals surface area (Å²) >= 11 is 0. The second-order valence-electron chi connectivity index (χ2n) is 3.85. The molecular weight excluding hydrogens is 167 g/mol. The van der Waals surface area contributed by atoms with E-state index in [1.165, 1.54) is 12.3 Å². The fraction of sp³-hybridized carbons (Fsp3) is 0.400. The molecule has 1 aliphatic rings. The summed E-state index contributed by atoms with van der Waals surface area (Å²) < 4.78 is 12.9. The maximum absolute atomic E-state index is 12.9.